The van der Waals surface area contributed by atoms with E-state index in [1.807, 2.05) is 13.8 Å². The molecule has 1 aromatic rings. The number of carbonyl (C=O) groups is 1. The summed E-state index contributed by atoms with van der Waals surface area (Å²) in [6.45, 7) is 4.47. The highest BCUT2D eigenvalue weighted by Gasteiger charge is 2.12. The van der Waals surface area contributed by atoms with Crippen molar-refractivity contribution in [1.82, 2.24) is 9.78 Å². The van der Waals surface area contributed by atoms with E-state index in [1.54, 1.807) is 17.0 Å². The van der Waals surface area contributed by atoms with Gasteiger partial charge in [-0.1, -0.05) is 6.08 Å². The van der Waals surface area contributed by atoms with Gasteiger partial charge in [0.15, 0.2) is 0 Å². The minimum atomic E-state index is -0.0197. The van der Waals surface area contributed by atoms with Crippen LogP contribution in [0.3, 0.4) is 0 Å². The van der Waals surface area contributed by atoms with Gasteiger partial charge in [-0.15, -0.1) is 0 Å². The Bertz CT molecular complexity index is 341. The highest BCUT2D eigenvalue weighted by atomic mass is 79.9. The molecule has 1 rings (SSSR count). The predicted molar refractivity (Wildman–Crippen MR) is 54.7 cm³/mol. The summed E-state index contributed by atoms with van der Waals surface area (Å²) < 4.78 is 2.42. The zero-order valence-electron chi connectivity index (χ0n) is 7.62. The van der Waals surface area contributed by atoms with Crippen LogP contribution in [0.15, 0.2) is 22.8 Å². The molecule has 0 aliphatic carbocycles. The van der Waals surface area contributed by atoms with E-state index in [2.05, 4.69) is 21.0 Å². The Kier molecular flexibility index (Phi) is 3.42. The molecule has 0 saturated heterocycles. The van der Waals surface area contributed by atoms with E-state index in [9.17, 15) is 4.79 Å². The van der Waals surface area contributed by atoms with Gasteiger partial charge in [0.05, 0.1) is 10.7 Å². The fourth-order valence-electron chi connectivity index (χ4n) is 1.08. The highest BCUT2D eigenvalue weighted by Crippen LogP contribution is 2.16. The first-order valence-electron chi connectivity index (χ1n) is 4.09. The molecule has 70 valence electrons. The maximum Gasteiger partial charge on any atom is 0.204 e. The van der Waals surface area contributed by atoms with Crippen LogP contribution in [-0.2, 0) is 6.54 Å². The van der Waals surface area contributed by atoms with Crippen LogP contribution in [0, 0.1) is 0 Å². The molecule has 4 heteroatoms. The first-order valence-corrected chi connectivity index (χ1v) is 4.88. The third-order valence-electron chi connectivity index (χ3n) is 1.65. The van der Waals surface area contributed by atoms with E-state index in [1.165, 1.54) is 6.08 Å². The summed E-state index contributed by atoms with van der Waals surface area (Å²) in [6.07, 6.45) is 4.90. The normalized spacial score (nSPS) is 11.0. The van der Waals surface area contributed by atoms with Gasteiger partial charge in [-0.05, 0) is 35.9 Å². The van der Waals surface area contributed by atoms with Crippen LogP contribution >= 0.6 is 15.9 Å². The Hall–Kier alpha value is -0.900. The zero-order valence-corrected chi connectivity index (χ0v) is 9.21. The molecule has 0 amide bonds. The van der Waals surface area contributed by atoms with Gasteiger partial charge in [0.1, 0.15) is 5.69 Å². The van der Waals surface area contributed by atoms with Crippen LogP contribution in [0.25, 0.3) is 0 Å². The Morgan fingerprint density at radius 2 is 2.46 bits per heavy atom. The molecule has 0 aliphatic rings. The molecule has 1 aromatic heterocycles. The molecule has 0 atom stereocenters. The molecule has 0 aromatic carbocycles. The number of ketones is 1. The number of carbonyl (C=O) groups excluding carboxylic acids is 1. The molecule has 0 radical (unpaired) electrons. The van der Waals surface area contributed by atoms with Gasteiger partial charge in [0, 0.05) is 6.54 Å². The Balaban J connectivity index is 3.10. The maximum atomic E-state index is 11.5. The number of aryl methyl sites for hydroxylation is 1. The lowest BCUT2D eigenvalue weighted by atomic mass is 10.2. The van der Waals surface area contributed by atoms with E-state index in [0.29, 0.717) is 12.2 Å². The van der Waals surface area contributed by atoms with Crippen molar-refractivity contribution in [2.24, 2.45) is 0 Å². The molecule has 0 unspecified atom stereocenters. The summed E-state index contributed by atoms with van der Waals surface area (Å²) in [4.78, 5) is 11.5. The monoisotopic (exact) mass is 242 g/mol. The molecule has 0 N–H and O–H groups in total. The molecule has 0 fully saturated rings. The second kappa shape index (κ2) is 4.37. The van der Waals surface area contributed by atoms with Crippen molar-refractivity contribution in [1.29, 1.82) is 0 Å². The number of rotatable bonds is 3. The van der Waals surface area contributed by atoms with E-state index in [-0.39, 0.29) is 5.78 Å². The molecular weight excluding hydrogens is 232 g/mol. The number of aromatic nitrogens is 2. The Morgan fingerprint density at radius 1 is 1.77 bits per heavy atom. The summed E-state index contributed by atoms with van der Waals surface area (Å²) in [5, 5.41) is 4.05. The summed E-state index contributed by atoms with van der Waals surface area (Å²) in [6, 6.07) is 0. The van der Waals surface area contributed by atoms with Gasteiger partial charge in [-0.3, -0.25) is 9.48 Å². The van der Waals surface area contributed by atoms with Gasteiger partial charge in [-0.2, -0.15) is 5.10 Å². The SMILES string of the molecule is C/C=C/C(=O)c1c(Br)cnn1CC. The molecule has 0 bridgehead atoms. The minimum absolute atomic E-state index is 0.0197. The molecule has 0 spiro atoms. The number of hydrogen-bond donors (Lipinski definition) is 0. The van der Waals surface area contributed by atoms with Crippen molar-refractivity contribution in [3.05, 3.63) is 28.5 Å². The third kappa shape index (κ3) is 2.06. The topological polar surface area (TPSA) is 34.9 Å². The van der Waals surface area contributed by atoms with Crippen LogP contribution in [0.2, 0.25) is 0 Å². The minimum Gasteiger partial charge on any atom is -0.288 e. The first-order chi connectivity index (χ1) is 6.20. The molecule has 13 heavy (non-hydrogen) atoms. The van der Waals surface area contributed by atoms with Gasteiger partial charge >= 0.3 is 0 Å². The molecule has 0 aliphatic heterocycles. The summed E-state index contributed by atoms with van der Waals surface area (Å²) in [7, 11) is 0. The second-order valence-electron chi connectivity index (χ2n) is 2.52. The van der Waals surface area contributed by atoms with Gasteiger partial charge in [0.2, 0.25) is 5.78 Å². The highest BCUT2D eigenvalue weighted by molar-refractivity contribution is 9.10. The fourth-order valence-corrected chi connectivity index (χ4v) is 1.57. The third-order valence-corrected chi connectivity index (χ3v) is 2.23. The number of hydrogen-bond acceptors (Lipinski definition) is 2. The van der Waals surface area contributed by atoms with Crippen LogP contribution in [0.4, 0.5) is 0 Å². The first kappa shape index (κ1) is 10.2. The van der Waals surface area contributed by atoms with Gasteiger partial charge in [0.25, 0.3) is 0 Å². The Labute approximate surface area is 85.6 Å². The quantitative estimate of drug-likeness (QED) is 0.603. The van der Waals surface area contributed by atoms with Crippen molar-refractivity contribution < 1.29 is 4.79 Å². The predicted octanol–water partition coefficient (Wildman–Crippen LogP) is 2.42. The summed E-state index contributed by atoms with van der Waals surface area (Å²) >= 11 is 3.29. The van der Waals surface area contributed by atoms with Crippen molar-refractivity contribution in [2.45, 2.75) is 20.4 Å². The average Bonchev–Trinajstić information content (AvgIpc) is 2.47. The second-order valence-corrected chi connectivity index (χ2v) is 3.38. The largest absolute Gasteiger partial charge is 0.288 e. The van der Waals surface area contributed by atoms with E-state index < -0.39 is 0 Å². The zero-order chi connectivity index (χ0) is 9.84. The van der Waals surface area contributed by atoms with Crippen molar-refractivity contribution in [3.8, 4) is 0 Å². The average molecular weight is 243 g/mol. The molecule has 1 heterocycles. The van der Waals surface area contributed by atoms with Crippen molar-refractivity contribution >= 4 is 21.7 Å². The lowest BCUT2D eigenvalue weighted by molar-refractivity contribution is 0.103. The Morgan fingerprint density at radius 3 is 3.00 bits per heavy atom. The molecule has 0 saturated carbocycles. The smallest absolute Gasteiger partial charge is 0.204 e. The fraction of sp³-hybridized carbons (Fsp3) is 0.333. The number of halogens is 1. The van der Waals surface area contributed by atoms with Crippen LogP contribution < -0.4 is 0 Å². The number of nitrogens with zero attached hydrogens (tertiary/aromatic N) is 2. The van der Waals surface area contributed by atoms with Crippen LogP contribution in [0.5, 0.6) is 0 Å². The standard InChI is InChI=1S/C9H11BrN2O/c1-3-5-8(13)9-7(10)6-11-12(9)4-2/h3,5-6H,4H2,1-2H3/b5-3+. The van der Waals surface area contributed by atoms with Gasteiger partial charge < -0.3 is 0 Å². The lowest BCUT2D eigenvalue weighted by Crippen LogP contribution is -2.07. The lowest BCUT2D eigenvalue weighted by Gasteiger charge is -2.00. The van der Waals surface area contributed by atoms with E-state index in [0.717, 1.165) is 4.47 Å². The molecule has 3 nitrogen and oxygen atoms in total. The van der Waals surface area contributed by atoms with E-state index >= 15 is 0 Å². The molecular formula is C9H11BrN2O. The summed E-state index contributed by atoms with van der Waals surface area (Å²) in [5.74, 6) is -0.0197. The van der Waals surface area contributed by atoms with Crippen LogP contribution in [0.1, 0.15) is 24.3 Å². The van der Waals surface area contributed by atoms with Crippen molar-refractivity contribution in [2.75, 3.05) is 0 Å². The van der Waals surface area contributed by atoms with Crippen molar-refractivity contribution in [3.63, 3.8) is 0 Å². The van der Waals surface area contributed by atoms with E-state index in [4.69, 9.17) is 0 Å². The summed E-state index contributed by atoms with van der Waals surface area (Å²) in [5.41, 5.74) is 0.612. The number of allylic oxidation sites excluding steroid dienone is 2. The van der Waals surface area contributed by atoms with Crippen LogP contribution in [-0.4, -0.2) is 15.6 Å². The maximum absolute atomic E-state index is 11.5. The van der Waals surface area contributed by atoms with Gasteiger partial charge in [-0.25, -0.2) is 0 Å².